The Labute approximate surface area is 133 Å². The highest BCUT2D eigenvalue weighted by Gasteiger charge is 2.50. The summed E-state index contributed by atoms with van der Waals surface area (Å²) in [4.78, 5) is 10.3. The summed E-state index contributed by atoms with van der Waals surface area (Å²) in [6, 6.07) is 4.48. The summed E-state index contributed by atoms with van der Waals surface area (Å²) >= 11 is 5.94. The van der Waals surface area contributed by atoms with Gasteiger partial charge in [-0.2, -0.15) is 0 Å². The van der Waals surface area contributed by atoms with E-state index in [-0.39, 0.29) is 17.0 Å². The summed E-state index contributed by atoms with van der Waals surface area (Å²) in [5, 5.41) is 10.9. The van der Waals surface area contributed by atoms with Crippen molar-refractivity contribution in [2.45, 2.75) is 44.5 Å². The molecule has 22 heavy (non-hydrogen) atoms. The lowest BCUT2D eigenvalue weighted by molar-refractivity contribution is -0.384. The van der Waals surface area contributed by atoms with E-state index in [4.69, 9.17) is 21.1 Å². The van der Waals surface area contributed by atoms with Gasteiger partial charge in [-0.05, 0) is 43.6 Å². The number of benzene rings is 1. The molecule has 4 aliphatic rings. The van der Waals surface area contributed by atoms with Crippen LogP contribution in [-0.4, -0.2) is 17.3 Å². The van der Waals surface area contributed by atoms with Crippen LogP contribution in [0, 0.1) is 27.9 Å². The van der Waals surface area contributed by atoms with Crippen molar-refractivity contribution in [1.82, 2.24) is 0 Å². The van der Waals surface area contributed by atoms with Crippen molar-refractivity contribution in [3.8, 4) is 5.75 Å². The van der Waals surface area contributed by atoms with Crippen LogP contribution in [0.4, 0.5) is 5.69 Å². The van der Waals surface area contributed by atoms with Gasteiger partial charge < -0.3 is 9.47 Å². The number of nitrogens with zero attached hydrogens (tertiary/aromatic N) is 1. The molecule has 2 saturated heterocycles. The molecule has 4 fully saturated rings. The molecule has 2 heterocycles. The Morgan fingerprint density at radius 1 is 1.23 bits per heavy atom. The van der Waals surface area contributed by atoms with Gasteiger partial charge in [-0.3, -0.25) is 10.1 Å². The van der Waals surface area contributed by atoms with E-state index in [2.05, 4.69) is 0 Å². The van der Waals surface area contributed by atoms with Crippen LogP contribution in [0.2, 0.25) is 5.02 Å². The molecule has 0 radical (unpaired) electrons. The quantitative estimate of drug-likeness (QED) is 0.618. The third-order valence-electron chi connectivity index (χ3n) is 5.33. The molecule has 2 aliphatic carbocycles. The van der Waals surface area contributed by atoms with Crippen molar-refractivity contribution in [2.75, 3.05) is 0 Å². The molecule has 4 bridgehead atoms. The maximum Gasteiger partial charge on any atom is 0.288 e. The second kappa shape index (κ2) is 5.39. The number of hydrogen-bond donors (Lipinski definition) is 0. The lowest BCUT2D eigenvalue weighted by Gasteiger charge is -2.53. The van der Waals surface area contributed by atoms with Crippen molar-refractivity contribution in [3.63, 3.8) is 0 Å². The van der Waals surface area contributed by atoms with Crippen molar-refractivity contribution >= 4 is 17.3 Å². The van der Waals surface area contributed by atoms with Gasteiger partial charge in [0.1, 0.15) is 10.8 Å². The fourth-order valence-corrected chi connectivity index (χ4v) is 4.65. The highest BCUT2D eigenvalue weighted by Crippen LogP contribution is 2.51. The van der Waals surface area contributed by atoms with E-state index in [0.29, 0.717) is 29.6 Å². The number of rotatable bonds is 3. The maximum atomic E-state index is 10.8. The Morgan fingerprint density at radius 3 is 2.55 bits per heavy atom. The van der Waals surface area contributed by atoms with Crippen LogP contribution in [0.5, 0.6) is 5.75 Å². The minimum absolute atomic E-state index is 0.0975. The molecule has 118 valence electrons. The molecule has 0 spiro atoms. The summed E-state index contributed by atoms with van der Waals surface area (Å²) < 4.78 is 12.1. The Hall–Kier alpha value is -1.33. The number of halogens is 1. The molecule has 5 rings (SSSR count). The lowest BCUT2D eigenvalue weighted by Crippen LogP contribution is -2.54. The van der Waals surface area contributed by atoms with Crippen molar-refractivity contribution < 1.29 is 14.4 Å². The molecule has 3 unspecified atom stereocenters. The molecular formula is C16H18ClNO4. The highest BCUT2D eigenvalue weighted by molar-refractivity contribution is 6.32. The van der Waals surface area contributed by atoms with Crippen LogP contribution < -0.4 is 4.74 Å². The second-order valence-corrected chi connectivity index (χ2v) is 7.05. The second-order valence-electron chi connectivity index (χ2n) is 6.64. The first kappa shape index (κ1) is 14.3. The third-order valence-corrected chi connectivity index (χ3v) is 5.64. The van der Waals surface area contributed by atoms with Gasteiger partial charge in [0.15, 0.2) is 0 Å². The Bertz CT molecular complexity index is 594. The molecule has 0 N–H and O–H groups in total. The molecule has 6 heteroatoms. The predicted molar refractivity (Wildman–Crippen MR) is 81.0 cm³/mol. The average molecular weight is 324 g/mol. The number of fused-ring (bicyclic) bond motifs is 1. The monoisotopic (exact) mass is 323 g/mol. The minimum atomic E-state index is -0.494. The van der Waals surface area contributed by atoms with Crippen molar-refractivity contribution in [3.05, 3.63) is 33.3 Å². The molecule has 0 aromatic heterocycles. The van der Waals surface area contributed by atoms with E-state index < -0.39 is 4.92 Å². The number of nitro benzene ring substituents is 1. The zero-order valence-corrected chi connectivity index (χ0v) is 12.9. The summed E-state index contributed by atoms with van der Waals surface area (Å²) in [6.07, 6.45) is 6.30. The maximum absolute atomic E-state index is 10.8. The Kier molecular flexibility index (Phi) is 3.50. The highest BCUT2D eigenvalue weighted by atomic mass is 35.5. The number of ether oxygens (including phenoxy) is 2. The molecule has 2 saturated carbocycles. The van der Waals surface area contributed by atoms with E-state index in [1.54, 1.807) is 6.07 Å². The van der Waals surface area contributed by atoms with Gasteiger partial charge >= 0.3 is 0 Å². The molecule has 5 nitrogen and oxygen atoms in total. The standard InChI is InChI=1S/C16H18ClNO4/c17-13-8-12(4-5-14(13)18(19)20)21-16-11-6-9-2-1-3-10(7-11)15(9)22-16/h4-5,8-11,15-16H,1-3,6-7H2. The van der Waals surface area contributed by atoms with Crippen molar-refractivity contribution in [2.24, 2.45) is 17.8 Å². The first-order valence-corrected chi connectivity index (χ1v) is 8.25. The van der Waals surface area contributed by atoms with E-state index in [1.807, 2.05) is 0 Å². The number of hydrogen-bond acceptors (Lipinski definition) is 4. The van der Waals surface area contributed by atoms with Crippen LogP contribution in [-0.2, 0) is 4.74 Å². The van der Waals surface area contributed by atoms with Gasteiger partial charge in [0.05, 0.1) is 11.0 Å². The van der Waals surface area contributed by atoms with Crippen LogP contribution in [0.1, 0.15) is 32.1 Å². The van der Waals surface area contributed by atoms with Crippen LogP contribution in [0.25, 0.3) is 0 Å². The Balaban J connectivity index is 1.49. The van der Waals surface area contributed by atoms with Gasteiger partial charge in [0, 0.05) is 18.1 Å². The largest absolute Gasteiger partial charge is 0.465 e. The predicted octanol–water partition coefficient (Wildman–Crippen LogP) is 4.18. The zero-order chi connectivity index (χ0) is 15.3. The summed E-state index contributed by atoms with van der Waals surface area (Å²) in [5.41, 5.74) is -0.102. The number of nitro groups is 1. The molecule has 1 aromatic rings. The zero-order valence-electron chi connectivity index (χ0n) is 12.1. The average Bonchev–Trinajstić information content (AvgIpc) is 2.46. The van der Waals surface area contributed by atoms with Gasteiger partial charge in [-0.1, -0.05) is 18.0 Å². The molecular weight excluding hydrogens is 306 g/mol. The third kappa shape index (κ3) is 2.36. The van der Waals surface area contributed by atoms with Gasteiger partial charge in [0.2, 0.25) is 6.29 Å². The SMILES string of the molecule is O=[N+]([O-])c1ccc(OC2OC3C4CCCC3CC2C4)cc1Cl. The van der Waals surface area contributed by atoms with Crippen LogP contribution >= 0.6 is 11.6 Å². The van der Waals surface area contributed by atoms with Crippen LogP contribution in [0.3, 0.4) is 0 Å². The fraction of sp³-hybridized carbons (Fsp3) is 0.625. The topological polar surface area (TPSA) is 61.6 Å². The molecule has 1 aromatic carbocycles. The summed E-state index contributed by atoms with van der Waals surface area (Å²) in [6.45, 7) is 0. The van der Waals surface area contributed by atoms with Gasteiger partial charge in [-0.15, -0.1) is 0 Å². The summed E-state index contributed by atoms with van der Waals surface area (Å²) in [5.74, 6) is 2.35. The van der Waals surface area contributed by atoms with E-state index in [1.165, 1.54) is 44.2 Å². The lowest BCUT2D eigenvalue weighted by atomic mass is 9.64. The van der Waals surface area contributed by atoms with E-state index in [0.717, 1.165) is 0 Å². The first-order chi connectivity index (χ1) is 10.6. The van der Waals surface area contributed by atoms with Crippen LogP contribution in [0.15, 0.2) is 18.2 Å². The van der Waals surface area contributed by atoms with Gasteiger partial charge in [-0.25, -0.2) is 0 Å². The smallest absolute Gasteiger partial charge is 0.288 e. The van der Waals surface area contributed by atoms with E-state index >= 15 is 0 Å². The molecule has 3 atom stereocenters. The molecule has 2 aliphatic heterocycles. The van der Waals surface area contributed by atoms with Crippen molar-refractivity contribution in [1.29, 1.82) is 0 Å². The van der Waals surface area contributed by atoms with Gasteiger partial charge in [0.25, 0.3) is 5.69 Å². The first-order valence-electron chi connectivity index (χ1n) is 7.88. The fourth-order valence-electron chi connectivity index (χ4n) is 4.41. The summed E-state index contributed by atoms with van der Waals surface area (Å²) in [7, 11) is 0. The van der Waals surface area contributed by atoms with E-state index in [9.17, 15) is 10.1 Å². The minimum Gasteiger partial charge on any atom is -0.465 e. The normalized spacial score (nSPS) is 36.1. The Morgan fingerprint density at radius 2 is 1.95 bits per heavy atom. The molecule has 0 amide bonds.